The molecule has 1 aliphatic rings. The minimum Gasteiger partial charge on any atom is -0.360 e. The number of fused-ring (bicyclic) bond motifs is 1. The van der Waals surface area contributed by atoms with Crippen LogP contribution < -0.4 is 5.32 Å². The standard InChI is InChI=1S/C18H21N5O2/c1-12-9-16(22-25-12)21-17(24)11-23-8-4-5-13(10-23)18-19-14-6-2-3-7-15(14)20-18/h2-3,6-7,9,13H,4-5,8,10-11H2,1H3,(H,19,20)(H,21,22,24)/t13-/m0/s1. The van der Waals surface area contributed by atoms with Crippen molar-refractivity contribution in [3.05, 3.63) is 41.9 Å². The molecule has 0 aliphatic carbocycles. The zero-order valence-corrected chi connectivity index (χ0v) is 14.2. The van der Waals surface area contributed by atoms with E-state index < -0.39 is 0 Å². The van der Waals surface area contributed by atoms with Crippen LogP contribution >= 0.6 is 0 Å². The Morgan fingerprint density at radius 3 is 3.12 bits per heavy atom. The number of carbonyl (C=O) groups excluding carboxylic acids is 1. The summed E-state index contributed by atoms with van der Waals surface area (Å²) in [6, 6.07) is 9.78. The van der Waals surface area contributed by atoms with E-state index in [0.717, 1.165) is 42.8 Å². The van der Waals surface area contributed by atoms with Gasteiger partial charge in [0, 0.05) is 18.5 Å². The number of amides is 1. The molecule has 3 aromatic rings. The van der Waals surface area contributed by atoms with Gasteiger partial charge in [-0.05, 0) is 38.4 Å². The minimum absolute atomic E-state index is 0.0708. The lowest BCUT2D eigenvalue weighted by Crippen LogP contribution is -2.40. The molecule has 3 heterocycles. The van der Waals surface area contributed by atoms with Gasteiger partial charge in [0.2, 0.25) is 5.91 Å². The maximum atomic E-state index is 12.2. The van der Waals surface area contributed by atoms with Gasteiger partial charge < -0.3 is 14.8 Å². The van der Waals surface area contributed by atoms with Crippen LogP contribution in [0.3, 0.4) is 0 Å². The topological polar surface area (TPSA) is 87.0 Å². The van der Waals surface area contributed by atoms with Crippen LogP contribution in [-0.2, 0) is 4.79 Å². The van der Waals surface area contributed by atoms with Gasteiger partial charge in [-0.15, -0.1) is 0 Å². The molecule has 1 fully saturated rings. The molecule has 2 aromatic heterocycles. The number of para-hydroxylation sites is 2. The zero-order chi connectivity index (χ0) is 17.2. The predicted molar refractivity (Wildman–Crippen MR) is 94.4 cm³/mol. The second-order valence-electron chi connectivity index (χ2n) is 6.58. The molecule has 0 saturated carbocycles. The maximum Gasteiger partial charge on any atom is 0.239 e. The summed E-state index contributed by atoms with van der Waals surface area (Å²) < 4.78 is 4.97. The van der Waals surface area contributed by atoms with Crippen molar-refractivity contribution in [3.63, 3.8) is 0 Å². The van der Waals surface area contributed by atoms with E-state index in [-0.39, 0.29) is 5.91 Å². The summed E-state index contributed by atoms with van der Waals surface area (Å²) in [5.41, 5.74) is 2.06. The number of benzene rings is 1. The van der Waals surface area contributed by atoms with Crippen molar-refractivity contribution in [3.8, 4) is 0 Å². The van der Waals surface area contributed by atoms with Crippen LogP contribution in [0, 0.1) is 6.92 Å². The van der Waals surface area contributed by atoms with E-state index in [0.29, 0.717) is 24.0 Å². The lowest BCUT2D eigenvalue weighted by molar-refractivity contribution is -0.117. The van der Waals surface area contributed by atoms with E-state index in [1.165, 1.54) is 0 Å². The van der Waals surface area contributed by atoms with Crippen LogP contribution in [-0.4, -0.2) is 45.6 Å². The molecule has 1 amide bonds. The highest BCUT2D eigenvalue weighted by Gasteiger charge is 2.25. The van der Waals surface area contributed by atoms with Crippen LogP contribution in [0.25, 0.3) is 11.0 Å². The average molecular weight is 339 g/mol. The molecule has 25 heavy (non-hydrogen) atoms. The smallest absolute Gasteiger partial charge is 0.239 e. The first-order valence-corrected chi connectivity index (χ1v) is 8.57. The van der Waals surface area contributed by atoms with Crippen molar-refractivity contribution >= 4 is 22.8 Å². The van der Waals surface area contributed by atoms with E-state index in [1.54, 1.807) is 13.0 Å². The monoisotopic (exact) mass is 339 g/mol. The van der Waals surface area contributed by atoms with Crippen LogP contribution in [0.2, 0.25) is 0 Å². The normalized spacial score (nSPS) is 18.5. The number of anilines is 1. The van der Waals surface area contributed by atoms with E-state index in [2.05, 4.69) is 20.4 Å². The molecule has 4 rings (SSSR count). The van der Waals surface area contributed by atoms with Crippen LogP contribution in [0.1, 0.15) is 30.3 Å². The molecule has 1 aromatic carbocycles. The summed E-state index contributed by atoms with van der Waals surface area (Å²) in [5, 5.41) is 6.57. The zero-order valence-electron chi connectivity index (χ0n) is 14.2. The lowest BCUT2D eigenvalue weighted by atomic mass is 9.97. The first-order chi connectivity index (χ1) is 12.2. The van der Waals surface area contributed by atoms with Gasteiger partial charge >= 0.3 is 0 Å². The third kappa shape index (κ3) is 3.56. The first kappa shape index (κ1) is 15.8. The highest BCUT2D eigenvalue weighted by molar-refractivity contribution is 5.91. The number of piperidine rings is 1. The molecule has 130 valence electrons. The minimum atomic E-state index is -0.0708. The van der Waals surface area contributed by atoms with E-state index in [4.69, 9.17) is 9.51 Å². The van der Waals surface area contributed by atoms with E-state index in [1.807, 2.05) is 24.3 Å². The van der Waals surface area contributed by atoms with Gasteiger partial charge in [0.1, 0.15) is 11.6 Å². The number of likely N-dealkylation sites (tertiary alicyclic amines) is 1. The first-order valence-electron chi connectivity index (χ1n) is 8.57. The fourth-order valence-corrected chi connectivity index (χ4v) is 3.40. The fourth-order valence-electron chi connectivity index (χ4n) is 3.40. The summed E-state index contributed by atoms with van der Waals surface area (Å²) in [6.07, 6.45) is 2.14. The summed E-state index contributed by atoms with van der Waals surface area (Å²) in [6.45, 7) is 3.89. The largest absolute Gasteiger partial charge is 0.360 e. The summed E-state index contributed by atoms with van der Waals surface area (Å²) in [4.78, 5) is 22.5. The number of rotatable bonds is 4. The van der Waals surface area contributed by atoms with Gasteiger partial charge in [0.15, 0.2) is 5.82 Å². The quantitative estimate of drug-likeness (QED) is 0.763. The Bertz CT molecular complexity index is 851. The summed E-state index contributed by atoms with van der Waals surface area (Å²) in [5.74, 6) is 2.41. The second kappa shape index (κ2) is 6.68. The van der Waals surface area contributed by atoms with Crippen molar-refractivity contribution in [2.24, 2.45) is 0 Å². The van der Waals surface area contributed by atoms with Crippen molar-refractivity contribution in [2.45, 2.75) is 25.7 Å². The number of aromatic amines is 1. The number of hydrogen-bond donors (Lipinski definition) is 2. The maximum absolute atomic E-state index is 12.2. The van der Waals surface area contributed by atoms with Crippen LogP contribution in [0.5, 0.6) is 0 Å². The molecule has 1 saturated heterocycles. The Labute approximate surface area is 145 Å². The molecule has 0 spiro atoms. The number of nitrogens with one attached hydrogen (secondary N) is 2. The van der Waals surface area contributed by atoms with E-state index in [9.17, 15) is 4.79 Å². The number of H-pyrrole nitrogens is 1. The van der Waals surface area contributed by atoms with Crippen molar-refractivity contribution in [2.75, 3.05) is 25.0 Å². The van der Waals surface area contributed by atoms with Crippen molar-refractivity contribution < 1.29 is 9.32 Å². The molecule has 1 aliphatic heterocycles. The Morgan fingerprint density at radius 2 is 2.32 bits per heavy atom. The Morgan fingerprint density at radius 1 is 1.44 bits per heavy atom. The number of nitrogens with zero attached hydrogens (tertiary/aromatic N) is 3. The van der Waals surface area contributed by atoms with Crippen LogP contribution in [0.15, 0.2) is 34.9 Å². The molecule has 0 radical (unpaired) electrons. The Kier molecular flexibility index (Phi) is 4.23. The molecular weight excluding hydrogens is 318 g/mol. The Hall–Kier alpha value is -2.67. The number of hydrogen-bond acceptors (Lipinski definition) is 5. The number of imidazole rings is 1. The lowest BCUT2D eigenvalue weighted by Gasteiger charge is -2.31. The molecule has 0 bridgehead atoms. The molecule has 2 N–H and O–H groups in total. The molecule has 1 atom stereocenters. The van der Waals surface area contributed by atoms with Gasteiger partial charge in [0.25, 0.3) is 0 Å². The third-order valence-corrected chi connectivity index (χ3v) is 4.56. The Balaban J connectivity index is 1.39. The van der Waals surface area contributed by atoms with Gasteiger partial charge in [-0.1, -0.05) is 17.3 Å². The predicted octanol–water partition coefficient (Wildman–Crippen LogP) is 2.68. The SMILES string of the molecule is Cc1cc(NC(=O)CN2CCC[C@H](c3nc4ccccc4[nH]3)C2)no1. The summed E-state index contributed by atoms with van der Waals surface area (Å²) >= 11 is 0. The fraction of sp³-hybridized carbons (Fsp3) is 0.389. The molecule has 7 heteroatoms. The van der Waals surface area contributed by atoms with Gasteiger partial charge in [-0.2, -0.15) is 0 Å². The molecule has 0 unspecified atom stereocenters. The average Bonchev–Trinajstić information content (AvgIpc) is 3.21. The van der Waals surface area contributed by atoms with Crippen molar-refractivity contribution in [1.29, 1.82) is 0 Å². The highest BCUT2D eigenvalue weighted by atomic mass is 16.5. The number of aromatic nitrogens is 3. The molecular formula is C18H21N5O2. The molecule has 7 nitrogen and oxygen atoms in total. The van der Waals surface area contributed by atoms with Gasteiger partial charge in [-0.3, -0.25) is 9.69 Å². The number of aryl methyl sites for hydroxylation is 1. The van der Waals surface area contributed by atoms with Crippen molar-refractivity contribution in [1.82, 2.24) is 20.0 Å². The van der Waals surface area contributed by atoms with E-state index >= 15 is 0 Å². The highest BCUT2D eigenvalue weighted by Crippen LogP contribution is 2.26. The van der Waals surface area contributed by atoms with Gasteiger partial charge in [-0.25, -0.2) is 4.98 Å². The second-order valence-corrected chi connectivity index (χ2v) is 6.58. The third-order valence-electron chi connectivity index (χ3n) is 4.56. The summed E-state index contributed by atoms with van der Waals surface area (Å²) in [7, 11) is 0. The number of carbonyl (C=O) groups is 1. The van der Waals surface area contributed by atoms with Crippen LogP contribution in [0.4, 0.5) is 5.82 Å². The van der Waals surface area contributed by atoms with Gasteiger partial charge in [0.05, 0.1) is 17.6 Å².